The molecule has 138 valence electrons. The maximum absolute atomic E-state index is 13.9. The van der Waals surface area contributed by atoms with Gasteiger partial charge in [0.05, 0.1) is 20.1 Å². The van der Waals surface area contributed by atoms with Gasteiger partial charge in [-0.3, -0.25) is 9.59 Å². The lowest BCUT2D eigenvalue weighted by molar-refractivity contribution is -0.133. The fraction of sp³-hybridized carbons (Fsp3) is 0.263. The van der Waals surface area contributed by atoms with Crippen LogP contribution in [0, 0.1) is 5.82 Å². The maximum atomic E-state index is 13.9. The molecule has 2 aromatic rings. The summed E-state index contributed by atoms with van der Waals surface area (Å²) < 4.78 is 19.0. The highest BCUT2D eigenvalue weighted by Crippen LogP contribution is 2.20. The standard InChI is InChI=1S/C19H20ClFN2O3/c1-3-23(19(25)11-15-16(20)8-5-9-17(15)21)12-18(24)22-13-6-4-7-14(10-13)26-2/h4-10H,3,11-12H2,1-2H3,(H,22,24). The molecule has 2 rings (SSSR count). The first-order valence-electron chi connectivity index (χ1n) is 8.09. The summed E-state index contributed by atoms with van der Waals surface area (Å²) in [6, 6.07) is 11.2. The van der Waals surface area contributed by atoms with Crippen molar-refractivity contribution in [1.82, 2.24) is 4.90 Å². The number of ether oxygens (including phenoxy) is 1. The summed E-state index contributed by atoms with van der Waals surface area (Å²) in [6.45, 7) is 1.93. The van der Waals surface area contributed by atoms with Crippen LogP contribution < -0.4 is 10.1 Å². The molecule has 0 aromatic heterocycles. The number of benzene rings is 2. The molecule has 0 fully saturated rings. The molecule has 2 aromatic carbocycles. The second kappa shape index (κ2) is 9.20. The van der Waals surface area contributed by atoms with Gasteiger partial charge in [-0.1, -0.05) is 23.7 Å². The van der Waals surface area contributed by atoms with Gasteiger partial charge in [0.1, 0.15) is 11.6 Å². The van der Waals surface area contributed by atoms with E-state index in [9.17, 15) is 14.0 Å². The topological polar surface area (TPSA) is 58.6 Å². The second-order valence-electron chi connectivity index (χ2n) is 5.57. The third-order valence-corrected chi connectivity index (χ3v) is 4.17. The Bertz CT molecular complexity index is 778. The van der Waals surface area contributed by atoms with E-state index in [0.717, 1.165) is 0 Å². The fourth-order valence-corrected chi connectivity index (χ4v) is 2.65. The fourth-order valence-electron chi connectivity index (χ4n) is 2.42. The molecule has 0 spiro atoms. The van der Waals surface area contributed by atoms with E-state index in [0.29, 0.717) is 18.0 Å². The number of rotatable bonds is 7. The molecule has 0 saturated heterocycles. The van der Waals surface area contributed by atoms with Gasteiger partial charge in [-0.25, -0.2) is 4.39 Å². The molecule has 0 atom stereocenters. The van der Waals surface area contributed by atoms with Gasteiger partial charge in [0.25, 0.3) is 0 Å². The van der Waals surface area contributed by atoms with E-state index in [2.05, 4.69) is 5.32 Å². The Morgan fingerprint density at radius 1 is 1.23 bits per heavy atom. The van der Waals surface area contributed by atoms with Crippen molar-refractivity contribution in [3.63, 3.8) is 0 Å². The first-order valence-corrected chi connectivity index (χ1v) is 8.47. The Morgan fingerprint density at radius 2 is 1.96 bits per heavy atom. The summed E-state index contributed by atoms with van der Waals surface area (Å²) in [7, 11) is 1.53. The number of hydrogen-bond acceptors (Lipinski definition) is 3. The van der Waals surface area contributed by atoms with Gasteiger partial charge in [0.15, 0.2) is 0 Å². The van der Waals surface area contributed by atoms with Crippen molar-refractivity contribution in [3.8, 4) is 5.75 Å². The van der Waals surface area contributed by atoms with E-state index >= 15 is 0 Å². The van der Waals surface area contributed by atoms with Crippen LogP contribution in [-0.4, -0.2) is 36.9 Å². The third-order valence-electron chi connectivity index (χ3n) is 3.81. The molecule has 0 radical (unpaired) electrons. The van der Waals surface area contributed by atoms with Crippen LogP contribution in [0.1, 0.15) is 12.5 Å². The van der Waals surface area contributed by atoms with Crippen LogP contribution in [0.2, 0.25) is 5.02 Å². The minimum atomic E-state index is -0.539. The molecule has 0 saturated carbocycles. The Balaban J connectivity index is 2.01. The van der Waals surface area contributed by atoms with E-state index < -0.39 is 5.82 Å². The van der Waals surface area contributed by atoms with Crippen LogP contribution in [0.5, 0.6) is 5.75 Å². The lowest BCUT2D eigenvalue weighted by Crippen LogP contribution is -2.38. The van der Waals surface area contributed by atoms with Crippen molar-refractivity contribution < 1.29 is 18.7 Å². The van der Waals surface area contributed by atoms with Gasteiger partial charge in [-0.15, -0.1) is 0 Å². The Labute approximate surface area is 156 Å². The average Bonchev–Trinajstić information content (AvgIpc) is 2.62. The molecule has 26 heavy (non-hydrogen) atoms. The highest BCUT2D eigenvalue weighted by molar-refractivity contribution is 6.31. The summed E-state index contributed by atoms with van der Waals surface area (Å²) in [6.07, 6.45) is -0.203. The molecule has 0 unspecified atom stereocenters. The first-order chi connectivity index (χ1) is 12.4. The number of methoxy groups -OCH3 is 1. The highest BCUT2D eigenvalue weighted by Gasteiger charge is 2.19. The predicted molar refractivity (Wildman–Crippen MR) is 99.0 cm³/mol. The van der Waals surface area contributed by atoms with Gasteiger partial charge in [0, 0.05) is 28.9 Å². The van der Waals surface area contributed by atoms with E-state index in [-0.39, 0.29) is 35.4 Å². The normalized spacial score (nSPS) is 10.3. The van der Waals surface area contributed by atoms with Gasteiger partial charge in [-0.05, 0) is 31.2 Å². The van der Waals surface area contributed by atoms with Gasteiger partial charge in [-0.2, -0.15) is 0 Å². The number of amides is 2. The van der Waals surface area contributed by atoms with Gasteiger partial charge in [0.2, 0.25) is 11.8 Å². The predicted octanol–water partition coefficient (Wildman–Crippen LogP) is 3.52. The van der Waals surface area contributed by atoms with Crippen molar-refractivity contribution in [2.45, 2.75) is 13.3 Å². The zero-order chi connectivity index (χ0) is 19.1. The number of carbonyl (C=O) groups excluding carboxylic acids is 2. The summed E-state index contributed by atoms with van der Waals surface area (Å²) in [5.41, 5.74) is 0.695. The largest absolute Gasteiger partial charge is 0.497 e. The smallest absolute Gasteiger partial charge is 0.243 e. The van der Waals surface area contributed by atoms with E-state index in [1.54, 1.807) is 31.2 Å². The number of hydrogen-bond donors (Lipinski definition) is 1. The number of likely N-dealkylation sites (N-methyl/N-ethyl adjacent to an activating group) is 1. The minimum absolute atomic E-state index is 0.130. The van der Waals surface area contributed by atoms with Crippen LogP contribution >= 0.6 is 11.6 Å². The number of carbonyl (C=O) groups is 2. The molecular weight excluding hydrogens is 359 g/mol. The quantitative estimate of drug-likeness (QED) is 0.802. The Morgan fingerprint density at radius 3 is 2.62 bits per heavy atom. The van der Waals surface area contributed by atoms with E-state index in [1.807, 2.05) is 0 Å². The van der Waals surface area contributed by atoms with Crippen LogP contribution in [0.4, 0.5) is 10.1 Å². The summed E-state index contributed by atoms with van der Waals surface area (Å²) in [5, 5.41) is 2.90. The second-order valence-corrected chi connectivity index (χ2v) is 5.97. The minimum Gasteiger partial charge on any atom is -0.497 e. The Kier molecular flexibility index (Phi) is 6.97. The zero-order valence-electron chi connectivity index (χ0n) is 14.6. The van der Waals surface area contributed by atoms with Crippen LogP contribution in [0.25, 0.3) is 0 Å². The lowest BCUT2D eigenvalue weighted by Gasteiger charge is -2.21. The van der Waals surface area contributed by atoms with Crippen molar-refractivity contribution >= 4 is 29.1 Å². The molecule has 0 aliphatic heterocycles. The van der Waals surface area contributed by atoms with Crippen LogP contribution in [0.3, 0.4) is 0 Å². The van der Waals surface area contributed by atoms with Crippen molar-refractivity contribution in [3.05, 3.63) is 58.9 Å². The summed E-state index contributed by atoms with van der Waals surface area (Å²) in [5.74, 6) is -0.656. The summed E-state index contributed by atoms with van der Waals surface area (Å²) >= 11 is 5.96. The van der Waals surface area contributed by atoms with E-state index in [4.69, 9.17) is 16.3 Å². The van der Waals surface area contributed by atoms with Gasteiger partial charge >= 0.3 is 0 Å². The zero-order valence-corrected chi connectivity index (χ0v) is 15.3. The Hall–Kier alpha value is -2.60. The van der Waals surface area contributed by atoms with Crippen LogP contribution in [0.15, 0.2) is 42.5 Å². The maximum Gasteiger partial charge on any atom is 0.243 e. The van der Waals surface area contributed by atoms with E-state index in [1.165, 1.54) is 30.2 Å². The van der Waals surface area contributed by atoms with Crippen molar-refractivity contribution in [1.29, 1.82) is 0 Å². The highest BCUT2D eigenvalue weighted by atomic mass is 35.5. The number of nitrogens with one attached hydrogen (secondary N) is 1. The van der Waals surface area contributed by atoms with Crippen molar-refractivity contribution in [2.75, 3.05) is 25.5 Å². The number of halogens is 2. The number of nitrogens with zero attached hydrogens (tertiary/aromatic N) is 1. The molecular formula is C19H20ClFN2O3. The first kappa shape index (κ1) is 19.7. The molecule has 2 amide bonds. The monoisotopic (exact) mass is 378 g/mol. The van der Waals surface area contributed by atoms with Crippen molar-refractivity contribution in [2.24, 2.45) is 0 Å². The molecule has 0 aliphatic rings. The SMILES string of the molecule is CCN(CC(=O)Nc1cccc(OC)c1)C(=O)Cc1c(F)cccc1Cl. The van der Waals surface area contributed by atoms with Crippen LogP contribution in [-0.2, 0) is 16.0 Å². The molecule has 0 bridgehead atoms. The molecule has 5 nitrogen and oxygen atoms in total. The lowest BCUT2D eigenvalue weighted by atomic mass is 10.1. The molecule has 0 aliphatic carbocycles. The third kappa shape index (κ3) is 5.20. The van der Waals surface area contributed by atoms with Gasteiger partial charge < -0.3 is 15.0 Å². The number of anilines is 1. The average molecular weight is 379 g/mol. The molecule has 1 N–H and O–H groups in total. The summed E-state index contributed by atoms with van der Waals surface area (Å²) in [4.78, 5) is 26.0. The molecule has 7 heteroatoms. The molecule has 0 heterocycles.